The van der Waals surface area contributed by atoms with E-state index < -0.39 is 0 Å². The zero-order chi connectivity index (χ0) is 9.31. The maximum absolute atomic E-state index is 10.9. The summed E-state index contributed by atoms with van der Waals surface area (Å²) in [6.07, 6.45) is 4.06. The first-order valence-corrected chi connectivity index (χ1v) is 4.77. The van der Waals surface area contributed by atoms with Crippen molar-refractivity contribution in [2.45, 2.75) is 26.2 Å². The molecule has 0 aliphatic heterocycles. The highest BCUT2D eigenvalue weighted by atomic mass is 16.1. The maximum Gasteiger partial charge on any atom is 0.126 e. The predicted molar refractivity (Wildman–Crippen MR) is 52.6 cm³/mol. The van der Waals surface area contributed by atoms with E-state index in [4.69, 9.17) is 0 Å². The van der Waals surface area contributed by atoms with E-state index in [9.17, 15) is 4.79 Å². The molecule has 1 nitrogen and oxygen atoms in total. The molecule has 0 amide bonds. The van der Waals surface area contributed by atoms with Crippen molar-refractivity contribution in [3.8, 4) is 0 Å². The maximum atomic E-state index is 10.9. The smallest absolute Gasteiger partial charge is 0.126 e. The minimum Gasteiger partial charge on any atom is -0.303 e. The third-order valence-corrected chi connectivity index (χ3v) is 2.96. The van der Waals surface area contributed by atoms with Gasteiger partial charge in [-0.25, -0.2) is 0 Å². The molecule has 0 spiro atoms. The summed E-state index contributed by atoms with van der Waals surface area (Å²) in [7, 11) is 0. The number of aldehydes is 1. The highest BCUT2D eigenvalue weighted by molar-refractivity contribution is 5.60. The van der Waals surface area contributed by atoms with Crippen LogP contribution in [0.1, 0.15) is 24.5 Å². The highest BCUT2D eigenvalue weighted by Gasteiger charge is 2.28. The Kier molecular flexibility index (Phi) is 1.95. The molecule has 0 aromatic heterocycles. The number of hydrogen-bond acceptors (Lipinski definition) is 1. The Hall–Kier alpha value is -1.11. The van der Waals surface area contributed by atoms with Gasteiger partial charge in [-0.3, -0.25) is 0 Å². The molecule has 0 saturated carbocycles. The van der Waals surface area contributed by atoms with Crippen LogP contribution in [-0.4, -0.2) is 6.29 Å². The van der Waals surface area contributed by atoms with Crippen LogP contribution in [0.25, 0.3) is 0 Å². The lowest BCUT2D eigenvalue weighted by Crippen LogP contribution is -2.26. The van der Waals surface area contributed by atoms with Gasteiger partial charge in [0, 0.05) is 5.41 Å². The molecule has 1 aliphatic carbocycles. The van der Waals surface area contributed by atoms with Crippen molar-refractivity contribution in [1.82, 2.24) is 0 Å². The van der Waals surface area contributed by atoms with Gasteiger partial charge in [-0.15, -0.1) is 0 Å². The molecule has 1 atom stereocenters. The Morgan fingerprint density at radius 2 is 2.00 bits per heavy atom. The molecule has 1 aromatic rings. The van der Waals surface area contributed by atoms with Crippen molar-refractivity contribution in [1.29, 1.82) is 0 Å². The van der Waals surface area contributed by atoms with Gasteiger partial charge in [-0.1, -0.05) is 31.2 Å². The van der Waals surface area contributed by atoms with E-state index in [-0.39, 0.29) is 5.41 Å². The van der Waals surface area contributed by atoms with E-state index in [1.165, 1.54) is 11.1 Å². The minimum absolute atomic E-state index is 0.117. The molecule has 1 heteroatoms. The van der Waals surface area contributed by atoms with E-state index in [1.807, 2.05) is 0 Å². The van der Waals surface area contributed by atoms with Crippen LogP contribution in [0.5, 0.6) is 0 Å². The van der Waals surface area contributed by atoms with E-state index in [0.717, 1.165) is 25.5 Å². The zero-order valence-corrected chi connectivity index (χ0v) is 7.92. The summed E-state index contributed by atoms with van der Waals surface area (Å²) in [5, 5.41) is 0. The average Bonchev–Trinajstić information content (AvgIpc) is 2.18. The lowest BCUT2D eigenvalue weighted by Gasteiger charge is -2.29. The fraction of sp³-hybridized carbons (Fsp3) is 0.417. The third kappa shape index (κ3) is 1.51. The van der Waals surface area contributed by atoms with Crippen LogP contribution in [0.2, 0.25) is 0 Å². The summed E-state index contributed by atoms with van der Waals surface area (Å²) < 4.78 is 0. The molecule has 68 valence electrons. The summed E-state index contributed by atoms with van der Waals surface area (Å²) in [5.74, 6) is 0. The van der Waals surface area contributed by atoms with Crippen LogP contribution < -0.4 is 0 Å². The second-order valence-electron chi connectivity index (χ2n) is 4.22. The van der Waals surface area contributed by atoms with Crippen molar-refractivity contribution in [2.75, 3.05) is 0 Å². The second-order valence-corrected chi connectivity index (χ2v) is 4.22. The third-order valence-electron chi connectivity index (χ3n) is 2.96. The summed E-state index contributed by atoms with van der Waals surface area (Å²) >= 11 is 0. The molecule has 0 radical (unpaired) electrons. The monoisotopic (exact) mass is 174 g/mol. The van der Waals surface area contributed by atoms with Crippen molar-refractivity contribution in [3.05, 3.63) is 35.4 Å². The first kappa shape index (κ1) is 8.49. The Morgan fingerprint density at radius 1 is 1.31 bits per heavy atom. The minimum atomic E-state index is -0.117. The number of carbonyl (C=O) groups is 1. The van der Waals surface area contributed by atoms with Gasteiger partial charge in [0.25, 0.3) is 0 Å². The van der Waals surface area contributed by atoms with Crippen molar-refractivity contribution < 1.29 is 4.79 Å². The van der Waals surface area contributed by atoms with Crippen molar-refractivity contribution >= 4 is 6.29 Å². The van der Waals surface area contributed by atoms with Crippen LogP contribution in [0.3, 0.4) is 0 Å². The zero-order valence-electron chi connectivity index (χ0n) is 7.92. The van der Waals surface area contributed by atoms with Crippen LogP contribution in [-0.2, 0) is 17.6 Å². The molecule has 13 heavy (non-hydrogen) atoms. The summed E-state index contributed by atoms with van der Waals surface area (Å²) in [6.45, 7) is 2.05. The van der Waals surface area contributed by atoms with Gasteiger partial charge in [0.15, 0.2) is 0 Å². The Bertz CT molecular complexity index is 330. The van der Waals surface area contributed by atoms with Gasteiger partial charge in [0.1, 0.15) is 6.29 Å². The average molecular weight is 174 g/mol. The lowest BCUT2D eigenvalue weighted by molar-refractivity contribution is -0.115. The molecular weight excluding hydrogens is 160 g/mol. The molecular formula is C12H14O. The van der Waals surface area contributed by atoms with Gasteiger partial charge in [-0.2, -0.15) is 0 Å². The Balaban J connectivity index is 2.34. The predicted octanol–water partition coefficient (Wildman–Crippen LogP) is 2.38. The van der Waals surface area contributed by atoms with Crippen molar-refractivity contribution in [2.24, 2.45) is 5.41 Å². The summed E-state index contributed by atoms with van der Waals surface area (Å²) in [4.78, 5) is 10.9. The molecule has 0 N–H and O–H groups in total. The topological polar surface area (TPSA) is 17.1 Å². The summed E-state index contributed by atoms with van der Waals surface area (Å²) in [6, 6.07) is 8.42. The van der Waals surface area contributed by atoms with Crippen LogP contribution in [0.15, 0.2) is 24.3 Å². The fourth-order valence-corrected chi connectivity index (χ4v) is 2.02. The number of fused-ring (bicyclic) bond motifs is 1. The molecule has 0 fully saturated rings. The van der Waals surface area contributed by atoms with Crippen LogP contribution in [0.4, 0.5) is 0 Å². The highest BCUT2D eigenvalue weighted by Crippen LogP contribution is 2.33. The van der Waals surface area contributed by atoms with E-state index in [2.05, 4.69) is 31.2 Å². The van der Waals surface area contributed by atoms with Crippen LogP contribution >= 0.6 is 0 Å². The quantitative estimate of drug-likeness (QED) is 0.597. The van der Waals surface area contributed by atoms with Gasteiger partial charge in [0.05, 0.1) is 0 Å². The van der Waals surface area contributed by atoms with Gasteiger partial charge in [-0.05, 0) is 30.4 Å². The lowest BCUT2D eigenvalue weighted by atomic mass is 9.74. The Labute approximate surface area is 78.8 Å². The number of hydrogen-bond donors (Lipinski definition) is 0. The number of rotatable bonds is 1. The molecule has 0 heterocycles. The molecule has 1 aromatic carbocycles. The molecule has 1 unspecified atom stereocenters. The fourth-order valence-electron chi connectivity index (χ4n) is 2.02. The van der Waals surface area contributed by atoms with Gasteiger partial charge in [0.2, 0.25) is 0 Å². The molecule has 1 aliphatic rings. The van der Waals surface area contributed by atoms with Crippen LogP contribution in [0, 0.1) is 5.41 Å². The van der Waals surface area contributed by atoms with E-state index in [1.54, 1.807) is 0 Å². The largest absolute Gasteiger partial charge is 0.303 e. The van der Waals surface area contributed by atoms with E-state index in [0.29, 0.717) is 0 Å². The molecule has 2 rings (SSSR count). The van der Waals surface area contributed by atoms with Gasteiger partial charge < -0.3 is 4.79 Å². The second kappa shape index (κ2) is 2.99. The SMILES string of the molecule is CC1(C=O)CCc2ccccc2C1. The van der Waals surface area contributed by atoms with Gasteiger partial charge >= 0.3 is 0 Å². The number of benzene rings is 1. The number of carbonyl (C=O) groups excluding carboxylic acids is 1. The first-order chi connectivity index (χ1) is 6.23. The first-order valence-electron chi connectivity index (χ1n) is 4.77. The normalized spacial score (nSPS) is 26.5. The molecule has 0 saturated heterocycles. The Morgan fingerprint density at radius 3 is 2.69 bits per heavy atom. The van der Waals surface area contributed by atoms with E-state index >= 15 is 0 Å². The molecule has 0 bridgehead atoms. The van der Waals surface area contributed by atoms with Crippen molar-refractivity contribution in [3.63, 3.8) is 0 Å². The number of aryl methyl sites for hydroxylation is 1. The summed E-state index contributed by atoms with van der Waals surface area (Å²) in [5.41, 5.74) is 2.65. The standard InChI is InChI=1S/C12H14O/c1-12(9-13)7-6-10-4-2-3-5-11(10)8-12/h2-5,9H,6-8H2,1H3.